The molecular formula is C16H26N2O2S. The summed E-state index contributed by atoms with van der Waals surface area (Å²) in [5, 5.41) is 3.10. The number of nitrogens with one attached hydrogen (secondary N) is 1. The van der Waals surface area contributed by atoms with Crippen molar-refractivity contribution >= 4 is 15.5 Å². The number of rotatable bonds is 7. The lowest BCUT2D eigenvalue weighted by Crippen LogP contribution is -2.30. The first kappa shape index (κ1) is 16.3. The van der Waals surface area contributed by atoms with E-state index in [0.29, 0.717) is 12.3 Å². The highest BCUT2D eigenvalue weighted by molar-refractivity contribution is 7.92. The van der Waals surface area contributed by atoms with Gasteiger partial charge in [-0.25, -0.2) is 8.42 Å². The van der Waals surface area contributed by atoms with Gasteiger partial charge in [0.15, 0.2) is 9.84 Å². The van der Waals surface area contributed by atoms with Gasteiger partial charge in [-0.3, -0.25) is 0 Å². The zero-order valence-corrected chi connectivity index (χ0v) is 13.8. The van der Waals surface area contributed by atoms with Crippen molar-refractivity contribution < 1.29 is 8.42 Å². The predicted molar refractivity (Wildman–Crippen MR) is 88.5 cm³/mol. The van der Waals surface area contributed by atoms with Gasteiger partial charge in [0.1, 0.15) is 0 Å². The molecule has 1 fully saturated rings. The van der Waals surface area contributed by atoms with E-state index in [1.807, 2.05) is 0 Å². The van der Waals surface area contributed by atoms with E-state index in [2.05, 4.69) is 48.3 Å². The lowest BCUT2D eigenvalue weighted by atomic mass is 10.2. The summed E-state index contributed by atoms with van der Waals surface area (Å²) in [6, 6.07) is 8.50. The van der Waals surface area contributed by atoms with Crippen molar-refractivity contribution in [1.82, 2.24) is 5.32 Å². The first-order valence-corrected chi connectivity index (χ1v) is 9.54. The molecule has 0 bridgehead atoms. The van der Waals surface area contributed by atoms with Crippen molar-refractivity contribution in [3.63, 3.8) is 0 Å². The fourth-order valence-electron chi connectivity index (χ4n) is 2.88. The second kappa shape index (κ2) is 7.27. The second-order valence-electron chi connectivity index (χ2n) is 5.60. The Morgan fingerprint density at radius 1 is 1.19 bits per heavy atom. The van der Waals surface area contributed by atoms with Crippen LogP contribution in [0.2, 0.25) is 0 Å². The molecule has 0 radical (unpaired) electrons. The van der Waals surface area contributed by atoms with Gasteiger partial charge in [-0.2, -0.15) is 0 Å². The predicted octanol–water partition coefficient (Wildman–Crippen LogP) is 2.20. The van der Waals surface area contributed by atoms with Crippen LogP contribution in [0, 0.1) is 0 Å². The number of sulfone groups is 1. The van der Waals surface area contributed by atoms with E-state index in [0.717, 1.165) is 32.5 Å². The first-order valence-electron chi connectivity index (χ1n) is 7.83. The van der Waals surface area contributed by atoms with Crippen LogP contribution in [0.4, 0.5) is 5.69 Å². The number of hydrogen-bond donors (Lipinski definition) is 1. The summed E-state index contributed by atoms with van der Waals surface area (Å²) in [5.41, 5.74) is 2.43. The van der Waals surface area contributed by atoms with Crippen LogP contribution in [0.15, 0.2) is 24.3 Å². The average molecular weight is 310 g/mol. The largest absolute Gasteiger partial charge is 0.372 e. The number of hydrogen-bond acceptors (Lipinski definition) is 4. The summed E-state index contributed by atoms with van der Waals surface area (Å²) in [7, 11) is -2.84. The van der Waals surface area contributed by atoms with Gasteiger partial charge in [-0.15, -0.1) is 0 Å². The van der Waals surface area contributed by atoms with Gasteiger partial charge in [0.05, 0.1) is 11.0 Å². The van der Waals surface area contributed by atoms with Crippen molar-refractivity contribution in [3.05, 3.63) is 29.8 Å². The number of benzene rings is 1. The molecule has 1 aromatic carbocycles. The third-order valence-corrected chi connectivity index (χ3v) is 6.50. The quantitative estimate of drug-likeness (QED) is 0.839. The van der Waals surface area contributed by atoms with Crippen LogP contribution in [0.5, 0.6) is 0 Å². The highest BCUT2D eigenvalue weighted by Crippen LogP contribution is 2.19. The van der Waals surface area contributed by atoms with Crippen LogP contribution in [-0.4, -0.2) is 39.1 Å². The Balaban J connectivity index is 1.84. The number of anilines is 1. The molecule has 0 amide bonds. The minimum atomic E-state index is -2.84. The molecule has 1 aliphatic rings. The Morgan fingerprint density at radius 2 is 1.86 bits per heavy atom. The SMILES string of the molecule is CCN(CC)c1ccc(CNCC2CCCS2(=O)=O)cc1. The maximum Gasteiger partial charge on any atom is 0.154 e. The van der Waals surface area contributed by atoms with E-state index in [9.17, 15) is 8.42 Å². The van der Waals surface area contributed by atoms with Crippen molar-refractivity contribution in [3.8, 4) is 0 Å². The molecule has 0 spiro atoms. The zero-order valence-electron chi connectivity index (χ0n) is 13.0. The molecule has 1 saturated heterocycles. The molecule has 1 aliphatic heterocycles. The van der Waals surface area contributed by atoms with Crippen molar-refractivity contribution in [2.75, 3.05) is 30.3 Å². The molecule has 118 valence electrons. The Kier molecular flexibility index (Phi) is 5.65. The summed E-state index contributed by atoms with van der Waals surface area (Å²) < 4.78 is 23.5. The zero-order chi connectivity index (χ0) is 15.3. The van der Waals surface area contributed by atoms with Crippen LogP contribution in [-0.2, 0) is 16.4 Å². The van der Waals surface area contributed by atoms with E-state index in [4.69, 9.17) is 0 Å². The van der Waals surface area contributed by atoms with Crippen LogP contribution >= 0.6 is 0 Å². The third kappa shape index (κ3) is 4.20. The molecule has 1 heterocycles. The highest BCUT2D eigenvalue weighted by atomic mass is 32.2. The topological polar surface area (TPSA) is 49.4 Å². The summed E-state index contributed by atoms with van der Waals surface area (Å²) in [4.78, 5) is 2.31. The van der Waals surface area contributed by atoms with Crippen molar-refractivity contribution in [1.29, 1.82) is 0 Å². The van der Waals surface area contributed by atoms with E-state index in [1.54, 1.807) is 0 Å². The van der Waals surface area contributed by atoms with Gasteiger partial charge in [0, 0.05) is 31.9 Å². The standard InChI is InChI=1S/C16H26N2O2S/c1-3-18(4-2)15-9-7-14(8-10-15)12-17-13-16-6-5-11-21(16,19)20/h7-10,16-17H,3-6,11-13H2,1-2H3. The van der Waals surface area contributed by atoms with E-state index in [1.165, 1.54) is 11.3 Å². The van der Waals surface area contributed by atoms with Gasteiger partial charge in [0.2, 0.25) is 0 Å². The summed E-state index contributed by atoms with van der Waals surface area (Å²) in [6.45, 7) is 7.62. The summed E-state index contributed by atoms with van der Waals surface area (Å²) in [5.74, 6) is 0.359. The smallest absolute Gasteiger partial charge is 0.154 e. The second-order valence-corrected chi connectivity index (χ2v) is 8.00. The lowest BCUT2D eigenvalue weighted by Gasteiger charge is -2.21. The van der Waals surface area contributed by atoms with Gasteiger partial charge in [-0.1, -0.05) is 12.1 Å². The molecular weight excluding hydrogens is 284 g/mol. The molecule has 1 N–H and O–H groups in total. The fourth-order valence-corrected chi connectivity index (χ4v) is 4.68. The first-order chi connectivity index (χ1) is 10.1. The minimum absolute atomic E-state index is 0.188. The summed E-state index contributed by atoms with van der Waals surface area (Å²) in [6.07, 6.45) is 1.61. The van der Waals surface area contributed by atoms with E-state index >= 15 is 0 Å². The fraction of sp³-hybridized carbons (Fsp3) is 0.625. The van der Waals surface area contributed by atoms with Crippen LogP contribution in [0.25, 0.3) is 0 Å². The Labute approximate surface area is 128 Å². The Bertz CT molecular complexity index is 536. The van der Waals surface area contributed by atoms with Gasteiger partial charge in [0.25, 0.3) is 0 Å². The van der Waals surface area contributed by atoms with E-state index in [-0.39, 0.29) is 5.25 Å². The molecule has 21 heavy (non-hydrogen) atoms. The van der Waals surface area contributed by atoms with E-state index < -0.39 is 9.84 Å². The highest BCUT2D eigenvalue weighted by Gasteiger charge is 2.30. The molecule has 1 unspecified atom stereocenters. The lowest BCUT2D eigenvalue weighted by molar-refractivity contribution is 0.574. The molecule has 0 saturated carbocycles. The molecule has 1 atom stereocenters. The minimum Gasteiger partial charge on any atom is -0.372 e. The van der Waals surface area contributed by atoms with Crippen LogP contribution in [0.1, 0.15) is 32.3 Å². The molecule has 0 aromatic heterocycles. The maximum absolute atomic E-state index is 11.7. The molecule has 2 rings (SSSR count). The molecule has 5 heteroatoms. The van der Waals surface area contributed by atoms with Crippen molar-refractivity contribution in [2.45, 2.75) is 38.5 Å². The average Bonchev–Trinajstić information content (AvgIpc) is 2.81. The van der Waals surface area contributed by atoms with Gasteiger partial charge in [-0.05, 0) is 44.4 Å². The molecule has 0 aliphatic carbocycles. The van der Waals surface area contributed by atoms with Crippen LogP contribution < -0.4 is 10.2 Å². The van der Waals surface area contributed by atoms with Crippen LogP contribution in [0.3, 0.4) is 0 Å². The Hall–Kier alpha value is -1.07. The van der Waals surface area contributed by atoms with Gasteiger partial charge >= 0.3 is 0 Å². The summed E-state index contributed by atoms with van der Waals surface area (Å²) >= 11 is 0. The molecule has 4 nitrogen and oxygen atoms in total. The number of nitrogens with zero attached hydrogens (tertiary/aromatic N) is 1. The maximum atomic E-state index is 11.7. The monoisotopic (exact) mass is 310 g/mol. The normalized spacial score (nSPS) is 20.6. The Morgan fingerprint density at radius 3 is 2.38 bits per heavy atom. The molecule has 1 aromatic rings. The van der Waals surface area contributed by atoms with Gasteiger partial charge < -0.3 is 10.2 Å². The third-order valence-electron chi connectivity index (χ3n) is 4.23. The van der Waals surface area contributed by atoms with Crippen molar-refractivity contribution in [2.24, 2.45) is 0 Å².